The molecule has 20 heavy (non-hydrogen) atoms. The third kappa shape index (κ3) is 3.49. The maximum Gasteiger partial charge on any atom is 0.251 e. The Morgan fingerprint density at radius 3 is 2.80 bits per heavy atom. The number of benzene rings is 1. The minimum absolute atomic E-state index is 0.0335. The molecule has 0 bridgehead atoms. The number of hydrazine groups is 1. The maximum atomic E-state index is 12.3. The quantitative estimate of drug-likeness (QED) is 0.583. The van der Waals surface area contributed by atoms with Gasteiger partial charge in [-0.15, -0.1) is 0 Å². The van der Waals surface area contributed by atoms with Crippen molar-refractivity contribution in [3.63, 3.8) is 0 Å². The van der Waals surface area contributed by atoms with Crippen LogP contribution in [-0.2, 0) is 4.74 Å². The predicted octanol–water partition coefficient (Wildman–Crippen LogP) is 1.97. The van der Waals surface area contributed by atoms with E-state index in [-0.39, 0.29) is 17.6 Å². The molecule has 2 rings (SSSR count). The fraction of sp³-hybridized carbons (Fsp3) is 0.533. The summed E-state index contributed by atoms with van der Waals surface area (Å²) in [7, 11) is 0. The van der Waals surface area contributed by atoms with Crippen LogP contribution in [0.3, 0.4) is 0 Å². The first-order chi connectivity index (χ1) is 9.41. The van der Waals surface area contributed by atoms with Crippen molar-refractivity contribution in [3.05, 3.63) is 29.3 Å². The van der Waals surface area contributed by atoms with E-state index in [4.69, 9.17) is 10.6 Å². The van der Waals surface area contributed by atoms with Crippen LogP contribution in [-0.4, -0.2) is 24.2 Å². The maximum absolute atomic E-state index is 12.3. The smallest absolute Gasteiger partial charge is 0.251 e. The second-order valence-electron chi connectivity index (χ2n) is 5.95. The summed E-state index contributed by atoms with van der Waals surface area (Å²) >= 11 is 0. The molecule has 1 fully saturated rings. The molecule has 1 amide bonds. The monoisotopic (exact) mass is 277 g/mol. The van der Waals surface area contributed by atoms with E-state index in [1.54, 1.807) is 12.1 Å². The predicted molar refractivity (Wildman–Crippen MR) is 79.5 cm³/mol. The van der Waals surface area contributed by atoms with E-state index in [1.807, 2.05) is 13.0 Å². The van der Waals surface area contributed by atoms with Crippen molar-refractivity contribution in [1.82, 2.24) is 5.32 Å². The number of hydrogen-bond donors (Lipinski definition) is 3. The number of nitrogen functional groups attached to an aromatic ring is 1. The summed E-state index contributed by atoms with van der Waals surface area (Å²) in [5, 5.41) is 3.10. The molecular weight excluding hydrogens is 254 g/mol. The van der Waals surface area contributed by atoms with Gasteiger partial charge in [-0.1, -0.05) is 0 Å². The summed E-state index contributed by atoms with van der Waals surface area (Å²) in [6.07, 6.45) is 1.69. The van der Waals surface area contributed by atoms with Crippen molar-refractivity contribution in [2.75, 3.05) is 12.0 Å². The van der Waals surface area contributed by atoms with E-state index in [2.05, 4.69) is 24.6 Å². The van der Waals surface area contributed by atoms with Crippen molar-refractivity contribution in [2.24, 2.45) is 5.84 Å². The van der Waals surface area contributed by atoms with Gasteiger partial charge in [-0.05, 0) is 57.4 Å². The Labute approximate surface area is 119 Å². The highest BCUT2D eigenvalue weighted by Crippen LogP contribution is 2.24. The summed E-state index contributed by atoms with van der Waals surface area (Å²) in [5.41, 5.74) is 4.80. The van der Waals surface area contributed by atoms with Crippen LogP contribution in [0.4, 0.5) is 5.69 Å². The van der Waals surface area contributed by atoms with Crippen LogP contribution >= 0.6 is 0 Å². The average Bonchev–Trinajstić information content (AvgIpc) is 2.37. The first kappa shape index (κ1) is 14.8. The van der Waals surface area contributed by atoms with E-state index in [1.165, 1.54) is 0 Å². The summed E-state index contributed by atoms with van der Waals surface area (Å²) in [5.74, 6) is 5.33. The zero-order valence-electron chi connectivity index (χ0n) is 12.3. The highest BCUT2D eigenvalue weighted by atomic mass is 16.5. The number of ether oxygens (including phenoxy) is 1. The molecule has 5 heteroatoms. The van der Waals surface area contributed by atoms with Gasteiger partial charge in [0.1, 0.15) is 0 Å². The van der Waals surface area contributed by atoms with Gasteiger partial charge in [-0.2, -0.15) is 0 Å². The van der Waals surface area contributed by atoms with Gasteiger partial charge in [0.2, 0.25) is 0 Å². The molecule has 0 radical (unpaired) electrons. The van der Waals surface area contributed by atoms with Crippen molar-refractivity contribution >= 4 is 11.6 Å². The van der Waals surface area contributed by atoms with E-state index >= 15 is 0 Å². The summed E-state index contributed by atoms with van der Waals surface area (Å²) in [4.78, 5) is 12.3. The molecule has 1 aromatic rings. The van der Waals surface area contributed by atoms with Gasteiger partial charge in [0, 0.05) is 23.9 Å². The molecule has 0 saturated carbocycles. The Kier molecular flexibility index (Phi) is 4.30. The molecule has 0 aliphatic carbocycles. The van der Waals surface area contributed by atoms with Gasteiger partial charge in [0.25, 0.3) is 5.91 Å². The molecule has 1 heterocycles. The minimum Gasteiger partial charge on any atom is -0.375 e. The fourth-order valence-electron chi connectivity index (χ4n) is 2.63. The van der Waals surface area contributed by atoms with Crippen molar-refractivity contribution < 1.29 is 9.53 Å². The molecule has 1 unspecified atom stereocenters. The molecule has 4 N–H and O–H groups in total. The van der Waals surface area contributed by atoms with Gasteiger partial charge in [0.15, 0.2) is 0 Å². The second kappa shape index (κ2) is 5.81. The second-order valence-corrected chi connectivity index (χ2v) is 5.95. The number of anilines is 1. The van der Waals surface area contributed by atoms with Crippen molar-refractivity contribution in [1.29, 1.82) is 0 Å². The Morgan fingerprint density at radius 1 is 1.45 bits per heavy atom. The highest BCUT2D eigenvalue weighted by Gasteiger charge is 2.29. The Morgan fingerprint density at radius 2 is 2.20 bits per heavy atom. The Balaban J connectivity index is 2.05. The molecule has 1 atom stereocenters. The SMILES string of the molecule is Cc1cc(NN)ccc1C(=O)NC1CCOC(C)(C)C1. The third-order valence-corrected chi connectivity index (χ3v) is 3.67. The lowest BCUT2D eigenvalue weighted by atomic mass is 9.93. The lowest BCUT2D eigenvalue weighted by Gasteiger charge is -2.35. The molecule has 1 saturated heterocycles. The molecule has 0 spiro atoms. The van der Waals surface area contributed by atoms with Gasteiger partial charge >= 0.3 is 0 Å². The van der Waals surface area contributed by atoms with Crippen LogP contribution in [0.1, 0.15) is 42.6 Å². The van der Waals surface area contributed by atoms with E-state index in [0.717, 1.165) is 24.1 Å². The normalized spacial score (nSPS) is 21.3. The van der Waals surface area contributed by atoms with Crippen LogP contribution in [0.15, 0.2) is 18.2 Å². The molecule has 1 aromatic carbocycles. The minimum atomic E-state index is -0.168. The molecular formula is C15H23N3O2. The number of hydrogen-bond acceptors (Lipinski definition) is 4. The molecule has 110 valence electrons. The number of aryl methyl sites for hydroxylation is 1. The third-order valence-electron chi connectivity index (χ3n) is 3.67. The molecule has 5 nitrogen and oxygen atoms in total. The standard InChI is InChI=1S/C15H23N3O2/c1-10-8-11(18-16)4-5-13(10)14(19)17-12-6-7-20-15(2,3)9-12/h4-5,8,12,18H,6-7,9,16H2,1-3H3,(H,17,19). The first-order valence-corrected chi connectivity index (χ1v) is 6.93. The van der Waals surface area contributed by atoms with Gasteiger partial charge in [-0.3, -0.25) is 10.6 Å². The number of nitrogens with one attached hydrogen (secondary N) is 2. The fourth-order valence-corrected chi connectivity index (χ4v) is 2.63. The number of nitrogens with two attached hydrogens (primary N) is 1. The van der Waals surface area contributed by atoms with Gasteiger partial charge in [0.05, 0.1) is 5.60 Å². The number of carbonyl (C=O) groups is 1. The highest BCUT2D eigenvalue weighted by molar-refractivity contribution is 5.96. The zero-order valence-corrected chi connectivity index (χ0v) is 12.3. The summed E-state index contributed by atoms with van der Waals surface area (Å²) in [6, 6.07) is 5.63. The Hall–Kier alpha value is -1.59. The van der Waals surface area contributed by atoms with Crippen LogP contribution in [0.5, 0.6) is 0 Å². The van der Waals surface area contributed by atoms with Crippen LogP contribution in [0, 0.1) is 6.92 Å². The lowest BCUT2D eigenvalue weighted by molar-refractivity contribution is -0.0615. The molecule has 1 aliphatic rings. The van der Waals surface area contributed by atoms with Crippen molar-refractivity contribution in [2.45, 2.75) is 45.3 Å². The summed E-state index contributed by atoms with van der Waals surface area (Å²) in [6.45, 7) is 6.70. The van der Waals surface area contributed by atoms with E-state index < -0.39 is 0 Å². The zero-order chi connectivity index (χ0) is 14.8. The van der Waals surface area contributed by atoms with E-state index in [0.29, 0.717) is 12.2 Å². The van der Waals surface area contributed by atoms with Crippen LogP contribution in [0.2, 0.25) is 0 Å². The van der Waals surface area contributed by atoms with Crippen LogP contribution in [0.25, 0.3) is 0 Å². The number of carbonyl (C=O) groups excluding carboxylic acids is 1. The summed E-state index contributed by atoms with van der Waals surface area (Å²) < 4.78 is 5.66. The van der Waals surface area contributed by atoms with Gasteiger partial charge < -0.3 is 15.5 Å². The molecule has 0 aromatic heterocycles. The first-order valence-electron chi connectivity index (χ1n) is 6.93. The largest absolute Gasteiger partial charge is 0.375 e. The number of amides is 1. The van der Waals surface area contributed by atoms with E-state index in [9.17, 15) is 4.79 Å². The number of rotatable bonds is 3. The Bertz CT molecular complexity index is 500. The lowest BCUT2D eigenvalue weighted by Crippen LogP contribution is -2.45. The molecule has 1 aliphatic heterocycles. The van der Waals surface area contributed by atoms with Crippen LogP contribution < -0.4 is 16.6 Å². The topological polar surface area (TPSA) is 76.4 Å². The average molecular weight is 277 g/mol. The van der Waals surface area contributed by atoms with Crippen molar-refractivity contribution in [3.8, 4) is 0 Å². The van der Waals surface area contributed by atoms with Gasteiger partial charge in [-0.25, -0.2) is 0 Å².